The molecule has 8 nitrogen and oxygen atoms in total. The van der Waals surface area contributed by atoms with Gasteiger partial charge in [-0.2, -0.15) is 5.10 Å². The van der Waals surface area contributed by atoms with Gasteiger partial charge >= 0.3 is 5.82 Å². The van der Waals surface area contributed by atoms with Gasteiger partial charge in [0.05, 0.1) is 11.9 Å². The lowest BCUT2D eigenvalue weighted by Crippen LogP contribution is -2.00. The van der Waals surface area contributed by atoms with Crippen molar-refractivity contribution in [1.82, 2.24) is 19.3 Å². The van der Waals surface area contributed by atoms with Crippen molar-refractivity contribution in [3.05, 3.63) is 28.8 Å². The molecule has 90 valence electrons. The van der Waals surface area contributed by atoms with E-state index in [0.29, 0.717) is 11.5 Å². The zero-order valence-electron chi connectivity index (χ0n) is 9.49. The molecule has 2 aromatic heterocycles. The topological polar surface area (TPSA) is 90.8 Å². The molecule has 8 heteroatoms. The van der Waals surface area contributed by atoms with Crippen molar-refractivity contribution in [3.63, 3.8) is 0 Å². The maximum absolute atomic E-state index is 10.8. The zero-order valence-corrected chi connectivity index (χ0v) is 9.49. The number of nitro groups is 1. The van der Waals surface area contributed by atoms with Crippen LogP contribution in [0.25, 0.3) is 0 Å². The highest BCUT2D eigenvalue weighted by Gasteiger charge is 2.20. The minimum atomic E-state index is -0.521. The zero-order chi connectivity index (χ0) is 12.4. The Morgan fingerprint density at radius 3 is 2.94 bits per heavy atom. The van der Waals surface area contributed by atoms with Gasteiger partial charge in [-0.15, -0.1) is 0 Å². The molecule has 1 N–H and O–H groups in total. The third-order valence-electron chi connectivity index (χ3n) is 2.31. The lowest BCUT2D eigenvalue weighted by atomic mass is 10.5. The molecule has 0 fully saturated rings. The summed E-state index contributed by atoms with van der Waals surface area (Å²) < 4.78 is 3.28. The van der Waals surface area contributed by atoms with Crippen molar-refractivity contribution >= 4 is 17.3 Å². The summed E-state index contributed by atoms with van der Waals surface area (Å²) in [6.07, 6.45) is 4.78. The van der Waals surface area contributed by atoms with Gasteiger partial charge in [0.25, 0.3) is 0 Å². The van der Waals surface area contributed by atoms with Crippen molar-refractivity contribution in [3.8, 4) is 0 Å². The van der Waals surface area contributed by atoms with Gasteiger partial charge in [-0.3, -0.25) is 9.25 Å². The number of imidazole rings is 1. The Hall–Kier alpha value is -2.38. The van der Waals surface area contributed by atoms with Crippen molar-refractivity contribution < 1.29 is 4.92 Å². The average Bonchev–Trinajstić information content (AvgIpc) is 2.87. The van der Waals surface area contributed by atoms with E-state index in [9.17, 15) is 10.1 Å². The molecule has 0 saturated carbocycles. The number of hydrogen-bond acceptors (Lipinski definition) is 5. The van der Waals surface area contributed by atoms with E-state index in [4.69, 9.17) is 0 Å². The second kappa shape index (κ2) is 4.24. The van der Waals surface area contributed by atoms with Crippen LogP contribution in [0.2, 0.25) is 0 Å². The number of nitrogens with zero attached hydrogens (tertiary/aromatic N) is 5. The van der Waals surface area contributed by atoms with Crippen LogP contribution in [0.3, 0.4) is 0 Å². The van der Waals surface area contributed by atoms with E-state index in [0.717, 1.165) is 6.54 Å². The Balaban J connectivity index is 2.29. The van der Waals surface area contributed by atoms with E-state index < -0.39 is 4.92 Å². The summed E-state index contributed by atoms with van der Waals surface area (Å²) in [4.78, 5) is 13.9. The molecule has 0 aromatic carbocycles. The minimum Gasteiger partial charge on any atom is -0.358 e. The predicted molar refractivity (Wildman–Crippen MR) is 61.0 cm³/mol. The third-order valence-corrected chi connectivity index (χ3v) is 2.31. The summed E-state index contributed by atoms with van der Waals surface area (Å²) in [7, 11) is 1.69. The molecular formula is C9H12N6O2. The molecule has 0 aliphatic rings. The summed E-state index contributed by atoms with van der Waals surface area (Å²) in [5.41, 5.74) is 0.693. The van der Waals surface area contributed by atoms with E-state index in [1.54, 1.807) is 28.7 Å². The Morgan fingerprint density at radius 2 is 2.35 bits per heavy atom. The molecule has 0 unspecified atom stereocenters. The van der Waals surface area contributed by atoms with E-state index in [1.807, 2.05) is 6.92 Å². The Morgan fingerprint density at radius 1 is 1.59 bits per heavy atom. The predicted octanol–water partition coefficient (Wildman–Crippen LogP) is 1.29. The van der Waals surface area contributed by atoms with Crippen LogP contribution in [0, 0.1) is 10.1 Å². The number of nitrogens with one attached hydrogen (secondary N) is 1. The second-order valence-electron chi connectivity index (χ2n) is 3.49. The molecule has 2 rings (SSSR count). The molecule has 0 spiro atoms. The fourth-order valence-corrected chi connectivity index (χ4v) is 1.43. The highest BCUT2D eigenvalue weighted by Crippen LogP contribution is 2.24. The van der Waals surface area contributed by atoms with E-state index in [2.05, 4.69) is 15.4 Å². The number of anilines is 2. The quantitative estimate of drug-likeness (QED) is 0.638. The lowest BCUT2D eigenvalue weighted by Gasteiger charge is -2.02. The first-order valence-corrected chi connectivity index (χ1v) is 5.07. The summed E-state index contributed by atoms with van der Waals surface area (Å²) >= 11 is 0. The normalized spacial score (nSPS) is 10.5. The van der Waals surface area contributed by atoms with Gasteiger partial charge in [0, 0.05) is 19.8 Å². The minimum absolute atomic E-state index is 0.197. The molecule has 0 aliphatic carbocycles. The Labute approximate surface area is 97.0 Å². The summed E-state index contributed by atoms with van der Waals surface area (Å²) in [5.74, 6) is 0.141. The van der Waals surface area contributed by atoms with Gasteiger partial charge in [-0.05, 0) is 16.8 Å². The largest absolute Gasteiger partial charge is 0.406 e. The van der Waals surface area contributed by atoms with Crippen LogP contribution >= 0.6 is 0 Å². The van der Waals surface area contributed by atoms with Crippen LogP contribution in [-0.4, -0.2) is 24.3 Å². The molecule has 0 radical (unpaired) electrons. The summed E-state index contributed by atoms with van der Waals surface area (Å²) in [6, 6.07) is 0. The molecule has 0 saturated heterocycles. The molecule has 2 aromatic rings. The monoisotopic (exact) mass is 236 g/mol. The summed E-state index contributed by atoms with van der Waals surface area (Å²) in [5, 5.41) is 17.8. The van der Waals surface area contributed by atoms with Gasteiger partial charge in [-0.1, -0.05) is 0 Å². The number of hydrogen-bond donors (Lipinski definition) is 1. The van der Waals surface area contributed by atoms with Crippen molar-refractivity contribution in [2.24, 2.45) is 7.05 Å². The summed E-state index contributed by atoms with van der Waals surface area (Å²) in [6.45, 7) is 2.71. The van der Waals surface area contributed by atoms with Crippen LogP contribution in [0.5, 0.6) is 0 Å². The van der Waals surface area contributed by atoms with Gasteiger partial charge in [0.15, 0.2) is 0 Å². The molecule has 17 heavy (non-hydrogen) atoms. The molecule has 0 aliphatic heterocycles. The lowest BCUT2D eigenvalue weighted by molar-refractivity contribution is -0.388. The van der Waals surface area contributed by atoms with Gasteiger partial charge < -0.3 is 15.4 Å². The maximum atomic E-state index is 10.8. The molecule has 0 amide bonds. The average molecular weight is 236 g/mol. The first-order valence-electron chi connectivity index (χ1n) is 5.07. The molecule has 0 atom stereocenters. The fraction of sp³-hybridized carbons (Fsp3) is 0.333. The molecular weight excluding hydrogens is 224 g/mol. The third kappa shape index (κ3) is 2.10. The standard InChI is InChI=1S/C9H12N6O2/c1-3-14-5-7(4-11-14)12-9-8(15(16)17)10-6-13(9)2/h4-6,12H,3H2,1-2H3. The van der Waals surface area contributed by atoms with Gasteiger partial charge in [0.2, 0.25) is 12.1 Å². The Bertz CT molecular complexity index is 543. The highest BCUT2D eigenvalue weighted by molar-refractivity contribution is 5.62. The molecule has 2 heterocycles. The second-order valence-corrected chi connectivity index (χ2v) is 3.49. The van der Waals surface area contributed by atoms with Crippen molar-refractivity contribution in [2.45, 2.75) is 13.5 Å². The molecule has 0 bridgehead atoms. The van der Waals surface area contributed by atoms with Crippen LogP contribution in [-0.2, 0) is 13.6 Å². The SMILES string of the molecule is CCn1cc(Nc2c([N+](=O)[O-])ncn2C)cn1. The van der Waals surface area contributed by atoms with E-state index in [-0.39, 0.29) is 5.82 Å². The van der Waals surface area contributed by atoms with Crippen LogP contribution in [0.4, 0.5) is 17.3 Å². The number of rotatable bonds is 4. The van der Waals surface area contributed by atoms with Crippen LogP contribution in [0.15, 0.2) is 18.7 Å². The van der Waals surface area contributed by atoms with Crippen LogP contribution in [0.1, 0.15) is 6.92 Å². The van der Waals surface area contributed by atoms with Crippen molar-refractivity contribution in [1.29, 1.82) is 0 Å². The Kier molecular flexibility index (Phi) is 2.77. The van der Waals surface area contributed by atoms with Gasteiger partial charge in [-0.25, -0.2) is 0 Å². The van der Waals surface area contributed by atoms with E-state index >= 15 is 0 Å². The first-order chi connectivity index (χ1) is 8.11. The maximum Gasteiger partial charge on any atom is 0.406 e. The fourth-order valence-electron chi connectivity index (χ4n) is 1.43. The van der Waals surface area contributed by atoms with Gasteiger partial charge in [0.1, 0.15) is 0 Å². The number of aromatic nitrogens is 4. The van der Waals surface area contributed by atoms with E-state index in [1.165, 1.54) is 6.33 Å². The smallest absolute Gasteiger partial charge is 0.358 e. The van der Waals surface area contributed by atoms with Crippen LogP contribution < -0.4 is 5.32 Å². The number of aryl methyl sites for hydroxylation is 2. The first kappa shape index (κ1) is 11.1. The highest BCUT2D eigenvalue weighted by atomic mass is 16.6. The van der Waals surface area contributed by atoms with Crippen molar-refractivity contribution in [2.75, 3.05) is 5.32 Å².